The third kappa shape index (κ3) is 3.36. The van der Waals surface area contributed by atoms with Gasteiger partial charge in [-0.25, -0.2) is 0 Å². The first-order chi connectivity index (χ1) is 8.81. The van der Waals surface area contributed by atoms with Gasteiger partial charge in [0.1, 0.15) is 5.76 Å². The zero-order valence-corrected chi connectivity index (χ0v) is 11.0. The third-order valence-electron chi connectivity index (χ3n) is 2.02. The number of anilines is 1. The Morgan fingerprint density at radius 3 is 2.94 bits per heavy atom. The Morgan fingerprint density at radius 1 is 1.39 bits per heavy atom. The van der Waals surface area contributed by atoms with E-state index in [0.717, 1.165) is 5.76 Å². The average Bonchev–Trinajstić information content (AvgIpc) is 2.89. The molecule has 0 amide bonds. The van der Waals surface area contributed by atoms with Crippen molar-refractivity contribution in [2.24, 2.45) is 0 Å². The quantitative estimate of drug-likeness (QED) is 0.803. The number of furan rings is 1. The van der Waals surface area contributed by atoms with Gasteiger partial charge in [-0.2, -0.15) is 15.0 Å². The molecule has 0 spiro atoms. The van der Waals surface area contributed by atoms with E-state index in [4.69, 9.17) is 9.15 Å². The smallest absolute Gasteiger partial charge is 0.322 e. The summed E-state index contributed by atoms with van der Waals surface area (Å²) >= 11 is 1.47. The number of thioether (sulfide) groups is 1. The minimum absolute atomic E-state index is 0.332. The van der Waals surface area contributed by atoms with E-state index in [1.54, 1.807) is 13.3 Å². The molecule has 6 nitrogen and oxygen atoms in total. The van der Waals surface area contributed by atoms with Crippen LogP contribution in [-0.2, 0) is 5.75 Å². The van der Waals surface area contributed by atoms with Gasteiger partial charge in [-0.05, 0) is 19.1 Å². The van der Waals surface area contributed by atoms with Crippen LogP contribution in [-0.4, -0.2) is 28.6 Å². The molecule has 0 aliphatic heterocycles. The number of nitrogens with zero attached hydrogens (tertiary/aromatic N) is 3. The van der Waals surface area contributed by atoms with Gasteiger partial charge in [-0.15, -0.1) is 0 Å². The highest BCUT2D eigenvalue weighted by Crippen LogP contribution is 2.21. The van der Waals surface area contributed by atoms with Gasteiger partial charge in [-0.3, -0.25) is 0 Å². The number of aromatic nitrogens is 3. The SMILES string of the molecule is CCOc1nc(NC)nc(SCc2ccco2)n1. The fourth-order valence-corrected chi connectivity index (χ4v) is 1.97. The Labute approximate surface area is 109 Å². The highest BCUT2D eigenvalue weighted by molar-refractivity contribution is 7.98. The summed E-state index contributed by atoms with van der Waals surface area (Å²) in [6.45, 7) is 2.41. The van der Waals surface area contributed by atoms with Gasteiger partial charge in [0.2, 0.25) is 5.95 Å². The van der Waals surface area contributed by atoms with Gasteiger partial charge < -0.3 is 14.5 Å². The Kier molecular flexibility index (Phi) is 4.40. The lowest BCUT2D eigenvalue weighted by Crippen LogP contribution is -2.04. The van der Waals surface area contributed by atoms with E-state index in [-0.39, 0.29) is 0 Å². The van der Waals surface area contributed by atoms with Crippen molar-refractivity contribution in [2.45, 2.75) is 17.8 Å². The fourth-order valence-electron chi connectivity index (χ4n) is 1.24. The molecule has 96 valence electrons. The summed E-state index contributed by atoms with van der Waals surface area (Å²) in [5, 5.41) is 3.49. The molecule has 2 aromatic rings. The van der Waals surface area contributed by atoms with Crippen LogP contribution in [0.4, 0.5) is 5.95 Å². The summed E-state index contributed by atoms with van der Waals surface area (Å²) in [5.41, 5.74) is 0. The fraction of sp³-hybridized carbons (Fsp3) is 0.364. The van der Waals surface area contributed by atoms with Gasteiger partial charge >= 0.3 is 6.01 Å². The Balaban J connectivity index is 2.08. The van der Waals surface area contributed by atoms with E-state index in [9.17, 15) is 0 Å². The van der Waals surface area contributed by atoms with Crippen molar-refractivity contribution in [2.75, 3.05) is 19.0 Å². The summed E-state index contributed by atoms with van der Waals surface area (Å²) in [7, 11) is 1.76. The first-order valence-corrected chi connectivity index (χ1v) is 6.52. The average molecular weight is 266 g/mol. The predicted molar refractivity (Wildman–Crippen MR) is 68.8 cm³/mol. The van der Waals surface area contributed by atoms with Crippen molar-refractivity contribution in [3.05, 3.63) is 24.2 Å². The van der Waals surface area contributed by atoms with Crippen LogP contribution in [0.1, 0.15) is 12.7 Å². The largest absolute Gasteiger partial charge is 0.468 e. The van der Waals surface area contributed by atoms with Crippen molar-refractivity contribution < 1.29 is 9.15 Å². The summed E-state index contributed by atoms with van der Waals surface area (Å²) in [6, 6.07) is 4.10. The maximum atomic E-state index is 5.29. The lowest BCUT2D eigenvalue weighted by Gasteiger charge is -2.05. The van der Waals surface area contributed by atoms with Crippen LogP contribution >= 0.6 is 11.8 Å². The minimum Gasteiger partial charge on any atom is -0.468 e. The molecule has 0 bridgehead atoms. The van der Waals surface area contributed by atoms with Gasteiger partial charge in [-0.1, -0.05) is 11.8 Å². The van der Waals surface area contributed by atoms with Crippen LogP contribution in [0, 0.1) is 0 Å². The molecule has 0 saturated carbocycles. The summed E-state index contributed by atoms with van der Waals surface area (Å²) in [6.07, 6.45) is 1.65. The van der Waals surface area contributed by atoms with E-state index in [1.165, 1.54) is 11.8 Å². The molecule has 0 aromatic carbocycles. The van der Waals surface area contributed by atoms with Gasteiger partial charge in [0.05, 0.1) is 18.6 Å². The van der Waals surface area contributed by atoms with E-state index in [0.29, 0.717) is 29.5 Å². The number of nitrogens with one attached hydrogen (secondary N) is 1. The Hall–Kier alpha value is -1.76. The first-order valence-electron chi connectivity index (χ1n) is 5.53. The van der Waals surface area contributed by atoms with E-state index in [1.807, 2.05) is 19.1 Å². The van der Waals surface area contributed by atoms with E-state index >= 15 is 0 Å². The van der Waals surface area contributed by atoms with E-state index in [2.05, 4.69) is 20.3 Å². The molecular formula is C11H14N4O2S. The zero-order valence-electron chi connectivity index (χ0n) is 10.2. The topological polar surface area (TPSA) is 73.1 Å². The normalized spacial score (nSPS) is 10.3. The van der Waals surface area contributed by atoms with Crippen LogP contribution in [0.3, 0.4) is 0 Å². The van der Waals surface area contributed by atoms with Crippen LogP contribution in [0.2, 0.25) is 0 Å². The summed E-state index contributed by atoms with van der Waals surface area (Å²) < 4.78 is 10.5. The minimum atomic E-state index is 0.332. The highest BCUT2D eigenvalue weighted by atomic mass is 32.2. The molecule has 0 radical (unpaired) electrons. The summed E-state index contributed by atoms with van der Waals surface area (Å²) in [4.78, 5) is 12.5. The van der Waals surface area contributed by atoms with Crippen LogP contribution in [0.15, 0.2) is 28.0 Å². The molecule has 0 unspecified atom stereocenters. The van der Waals surface area contributed by atoms with Gasteiger partial charge in [0, 0.05) is 7.05 Å². The second-order valence-corrected chi connectivity index (χ2v) is 4.22. The third-order valence-corrected chi connectivity index (χ3v) is 2.88. The maximum Gasteiger partial charge on any atom is 0.322 e. The molecule has 7 heteroatoms. The maximum absolute atomic E-state index is 5.29. The second-order valence-electron chi connectivity index (χ2n) is 3.28. The van der Waals surface area contributed by atoms with Crippen molar-refractivity contribution in [1.29, 1.82) is 0 Å². The molecule has 0 atom stereocenters. The molecule has 2 heterocycles. The lowest BCUT2D eigenvalue weighted by molar-refractivity contribution is 0.308. The number of ether oxygens (including phenoxy) is 1. The Bertz CT molecular complexity index is 490. The number of hydrogen-bond donors (Lipinski definition) is 1. The molecule has 0 aliphatic carbocycles. The first kappa shape index (κ1) is 12.7. The molecule has 18 heavy (non-hydrogen) atoms. The molecule has 2 aromatic heterocycles. The van der Waals surface area contributed by atoms with Crippen molar-refractivity contribution in [1.82, 2.24) is 15.0 Å². The highest BCUT2D eigenvalue weighted by Gasteiger charge is 2.07. The monoisotopic (exact) mass is 266 g/mol. The zero-order chi connectivity index (χ0) is 12.8. The molecule has 2 rings (SSSR count). The molecule has 0 saturated heterocycles. The summed E-state index contributed by atoms with van der Waals surface area (Å²) in [5.74, 6) is 2.05. The standard InChI is InChI=1S/C11H14N4O2S/c1-3-16-10-13-9(12-2)14-11(15-10)18-7-8-5-4-6-17-8/h4-6H,3,7H2,1-2H3,(H,12,13,14,15). The van der Waals surface area contributed by atoms with Crippen LogP contribution < -0.4 is 10.1 Å². The van der Waals surface area contributed by atoms with Crippen molar-refractivity contribution in [3.63, 3.8) is 0 Å². The van der Waals surface area contributed by atoms with Gasteiger partial charge in [0.25, 0.3) is 0 Å². The van der Waals surface area contributed by atoms with Crippen molar-refractivity contribution in [3.8, 4) is 6.01 Å². The van der Waals surface area contributed by atoms with Crippen molar-refractivity contribution >= 4 is 17.7 Å². The lowest BCUT2D eigenvalue weighted by atomic mass is 10.5. The van der Waals surface area contributed by atoms with E-state index < -0.39 is 0 Å². The number of rotatable bonds is 6. The molecule has 0 fully saturated rings. The molecular weight excluding hydrogens is 252 g/mol. The van der Waals surface area contributed by atoms with Gasteiger partial charge in [0.15, 0.2) is 5.16 Å². The second kappa shape index (κ2) is 6.25. The van der Waals surface area contributed by atoms with Crippen LogP contribution in [0.5, 0.6) is 6.01 Å². The predicted octanol–water partition coefficient (Wildman–Crippen LogP) is 2.20. The molecule has 1 N–H and O–H groups in total. The Morgan fingerprint density at radius 2 is 2.28 bits per heavy atom. The van der Waals surface area contributed by atoms with Crippen LogP contribution in [0.25, 0.3) is 0 Å². The molecule has 0 aliphatic rings. The number of hydrogen-bond acceptors (Lipinski definition) is 7.